The van der Waals surface area contributed by atoms with Crippen molar-refractivity contribution >= 4 is 23.4 Å². The third-order valence-electron chi connectivity index (χ3n) is 7.93. The molecule has 3 aliphatic rings. The lowest BCUT2D eigenvalue weighted by Crippen LogP contribution is -2.58. The normalized spacial score (nSPS) is 19.8. The topological polar surface area (TPSA) is 73.0 Å². The standard InChI is InChI=1S/C28H33FN4O3/c29-23-12-10-21(11-13-23)18-30-25(34)19-32-20-33(24-8-2-1-3-9-24)28(27(32)36)14-16-31(17-15-28)26(35)22-6-4-5-7-22/h1-3,8-13,22H,4-7,14-20H2,(H,30,34). The summed E-state index contributed by atoms with van der Waals surface area (Å²) in [6, 6.07) is 15.8. The molecule has 2 saturated heterocycles. The molecular weight excluding hydrogens is 459 g/mol. The number of nitrogens with zero attached hydrogens (tertiary/aromatic N) is 3. The Hall–Kier alpha value is -3.42. The first-order chi connectivity index (χ1) is 17.5. The van der Waals surface area contributed by atoms with Crippen LogP contribution in [0.15, 0.2) is 54.6 Å². The van der Waals surface area contributed by atoms with Crippen molar-refractivity contribution in [1.29, 1.82) is 0 Å². The number of rotatable bonds is 6. The van der Waals surface area contributed by atoms with E-state index < -0.39 is 5.54 Å². The second kappa shape index (κ2) is 10.3. The smallest absolute Gasteiger partial charge is 0.250 e. The van der Waals surface area contributed by atoms with Gasteiger partial charge in [-0.05, 0) is 55.5 Å². The van der Waals surface area contributed by atoms with Crippen molar-refractivity contribution in [2.45, 2.75) is 50.6 Å². The van der Waals surface area contributed by atoms with E-state index in [1.165, 1.54) is 12.1 Å². The van der Waals surface area contributed by atoms with Crippen molar-refractivity contribution in [3.63, 3.8) is 0 Å². The van der Waals surface area contributed by atoms with Crippen LogP contribution in [0.2, 0.25) is 0 Å². The molecule has 190 valence electrons. The summed E-state index contributed by atoms with van der Waals surface area (Å²) in [5.41, 5.74) is 0.972. The number of nitrogens with one attached hydrogen (secondary N) is 1. The van der Waals surface area contributed by atoms with Gasteiger partial charge in [0.1, 0.15) is 17.9 Å². The summed E-state index contributed by atoms with van der Waals surface area (Å²) in [6.07, 6.45) is 5.27. The van der Waals surface area contributed by atoms with Crippen LogP contribution in [0.1, 0.15) is 44.1 Å². The van der Waals surface area contributed by atoms with E-state index in [2.05, 4.69) is 10.2 Å². The highest BCUT2D eigenvalue weighted by molar-refractivity contribution is 5.96. The van der Waals surface area contributed by atoms with E-state index in [-0.39, 0.29) is 42.5 Å². The molecule has 3 fully saturated rings. The van der Waals surface area contributed by atoms with Gasteiger partial charge in [0.2, 0.25) is 11.8 Å². The van der Waals surface area contributed by atoms with Crippen LogP contribution in [0.25, 0.3) is 0 Å². The fraction of sp³-hybridized carbons (Fsp3) is 0.464. The Morgan fingerprint density at radius 1 is 0.972 bits per heavy atom. The molecular formula is C28H33FN4O3. The number of hydrogen-bond acceptors (Lipinski definition) is 4. The number of benzene rings is 2. The van der Waals surface area contributed by atoms with E-state index in [0.29, 0.717) is 32.6 Å². The summed E-state index contributed by atoms with van der Waals surface area (Å²) in [5, 5.41) is 2.84. The fourth-order valence-electron chi connectivity index (χ4n) is 5.88. The minimum atomic E-state index is -0.759. The maximum Gasteiger partial charge on any atom is 0.250 e. The Balaban J connectivity index is 1.27. The number of likely N-dealkylation sites (tertiary alicyclic amines) is 1. The van der Waals surface area contributed by atoms with Crippen LogP contribution < -0.4 is 10.2 Å². The number of halogens is 1. The van der Waals surface area contributed by atoms with Gasteiger partial charge in [-0.25, -0.2) is 4.39 Å². The zero-order chi connectivity index (χ0) is 25.1. The van der Waals surface area contributed by atoms with E-state index in [9.17, 15) is 18.8 Å². The number of carbonyl (C=O) groups excluding carboxylic acids is 3. The number of carbonyl (C=O) groups is 3. The molecule has 2 aliphatic heterocycles. The molecule has 7 nitrogen and oxygen atoms in total. The lowest BCUT2D eigenvalue weighted by molar-refractivity contribution is -0.141. The molecule has 8 heteroatoms. The molecule has 2 aromatic rings. The zero-order valence-electron chi connectivity index (χ0n) is 20.5. The molecule has 3 amide bonds. The van der Waals surface area contributed by atoms with E-state index in [4.69, 9.17) is 0 Å². The van der Waals surface area contributed by atoms with Gasteiger partial charge in [0.15, 0.2) is 0 Å². The van der Waals surface area contributed by atoms with Crippen molar-refractivity contribution in [3.8, 4) is 0 Å². The van der Waals surface area contributed by atoms with Gasteiger partial charge in [-0.1, -0.05) is 43.2 Å². The lowest BCUT2D eigenvalue weighted by atomic mass is 9.85. The molecule has 0 aromatic heterocycles. The highest BCUT2D eigenvalue weighted by Gasteiger charge is 2.54. The Morgan fingerprint density at radius 3 is 2.31 bits per heavy atom. The number of amides is 3. The maximum atomic E-state index is 13.8. The van der Waals surface area contributed by atoms with Crippen molar-refractivity contribution in [2.75, 3.05) is 31.2 Å². The molecule has 0 atom stereocenters. The highest BCUT2D eigenvalue weighted by atomic mass is 19.1. The molecule has 0 unspecified atom stereocenters. The van der Waals surface area contributed by atoms with Crippen molar-refractivity contribution in [1.82, 2.24) is 15.1 Å². The Morgan fingerprint density at radius 2 is 1.64 bits per heavy atom. The lowest BCUT2D eigenvalue weighted by Gasteiger charge is -2.43. The van der Waals surface area contributed by atoms with E-state index in [0.717, 1.165) is 36.9 Å². The van der Waals surface area contributed by atoms with Crippen molar-refractivity contribution in [2.24, 2.45) is 5.92 Å². The SMILES string of the molecule is O=C(CN1CN(c2ccccc2)C2(CCN(C(=O)C3CCCC3)CC2)C1=O)NCc1ccc(F)cc1. The molecule has 1 N–H and O–H groups in total. The monoisotopic (exact) mass is 492 g/mol. The van der Waals surface area contributed by atoms with Gasteiger partial charge in [-0.2, -0.15) is 0 Å². The predicted octanol–water partition coefficient (Wildman–Crippen LogP) is 3.30. The van der Waals surface area contributed by atoms with Crippen LogP contribution in [0.3, 0.4) is 0 Å². The van der Waals surface area contributed by atoms with Crippen LogP contribution in [-0.4, -0.2) is 59.4 Å². The van der Waals surface area contributed by atoms with Crippen LogP contribution in [-0.2, 0) is 20.9 Å². The van der Waals surface area contributed by atoms with Crippen molar-refractivity contribution < 1.29 is 18.8 Å². The number of piperidine rings is 1. The Bertz CT molecular complexity index is 1090. The maximum absolute atomic E-state index is 13.8. The van der Waals surface area contributed by atoms with Gasteiger partial charge in [-0.3, -0.25) is 14.4 Å². The quantitative estimate of drug-likeness (QED) is 0.672. The zero-order valence-corrected chi connectivity index (χ0v) is 20.5. The molecule has 1 aliphatic carbocycles. The molecule has 2 aromatic carbocycles. The highest BCUT2D eigenvalue weighted by Crippen LogP contribution is 2.40. The fourth-order valence-corrected chi connectivity index (χ4v) is 5.88. The van der Waals surface area contributed by atoms with E-state index >= 15 is 0 Å². The first kappa shape index (κ1) is 24.3. The number of para-hydroxylation sites is 1. The van der Waals surface area contributed by atoms with Gasteiger partial charge in [0.05, 0.1) is 6.67 Å². The summed E-state index contributed by atoms with van der Waals surface area (Å²) >= 11 is 0. The molecule has 5 rings (SSSR count). The van der Waals surface area contributed by atoms with Crippen LogP contribution in [0.5, 0.6) is 0 Å². The number of hydrogen-bond donors (Lipinski definition) is 1. The van der Waals surface area contributed by atoms with Gasteiger partial charge in [0.25, 0.3) is 5.91 Å². The molecule has 1 saturated carbocycles. The van der Waals surface area contributed by atoms with Gasteiger partial charge in [-0.15, -0.1) is 0 Å². The first-order valence-corrected chi connectivity index (χ1v) is 12.9. The molecule has 0 radical (unpaired) electrons. The Kier molecular flexibility index (Phi) is 6.94. The summed E-state index contributed by atoms with van der Waals surface area (Å²) in [6.45, 7) is 1.65. The Labute approximate surface area is 211 Å². The average Bonchev–Trinajstić information content (AvgIpc) is 3.53. The average molecular weight is 493 g/mol. The van der Waals surface area contributed by atoms with Crippen LogP contribution in [0.4, 0.5) is 10.1 Å². The second-order valence-electron chi connectivity index (χ2n) is 10.1. The van der Waals surface area contributed by atoms with Crippen LogP contribution >= 0.6 is 0 Å². The second-order valence-corrected chi connectivity index (χ2v) is 10.1. The minimum Gasteiger partial charge on any atom is -0.350 e. The third kappa shape index (κ3) is 4.81. The van der Waals surface area contributed by atoms with Gasteiger partial charge < -0.3 is 20.0 Å². The van der Waals surface area contributed by atoms with E-state index in [1.54, 1.807) is 17.0 Å². The molecule has 0 bridgehead atoms. The number of anilines is 1. The molecule has 2 heterocycles. The predicted molar refractivity (Wildman–Crippen MR) is 134 cm³/mol. The largest absolute Gasteiger partial charge is 0.350 e. The van der Waals surface area contributed by atoms with Gasteiger partial charge >= 0.3 is 0 Å². The van der Waals surface area contributed by atoms with E-state index in [1.807, 2.05) is 35.2 Å². The molecule has 1 spiro atoms. The summed E-state index contributed by atoms with van der Waals surface area (Å²) in [4.78, 5) is 45.2. The summed E-state index contributed by atoms with van der Waals surface area (Å²) < 4.78 is 13.1. The third-order valence-corrected chi connectivity index (χ3v) is 7.93. The minimum absolute atomic E-state index is 0.0458. The van der Waals surface area contributed by atoms with Gasteiger partial charge in [0, 0.05) is 31.2 Å². The summed E-state index contributed by atoms with van der Waals surface area (Å²) in [7, 11) is 0. The summed E-state index contributed by atoms with van der Waals surface area (Å²) in [5.74, 6) is -0.279. The van der Waals surface area contributed by atoms with Crippen molar-refractivity contribution in [3.05, 3.63) is 66.0 Å². The van der Waals surface area contributed by atoms with Crippen LogP contribution in [0, 0.1) is 11.7 Å². The molecule has 36 heavy (non-hydrogen) atoms. The first-order valence-electron chi connectivity index (χ1n) is 12.9.